The van der Waals surface area contributed by atoms with Gasteiger partial charge in [0.05, 0.1) is 10.0 Å². The fourth-order valence-electron chi connectivity index (χ4n) is 2.24. The Morgan fingerprint density at radius 2 is 2.00 bits per heavy atom. The van der Waals surface area contributed by atoms with Crippen molar-refractivity contribution in [2.24, 2.45) is 5.41 Å². The topological polar surface area (TPSA) is 17.1 Å². The molecule has 0 heterocycles. The first-order valence-corrected chi connectivity index (χ1v) is 6.31. The van der Waals surface area contributed by atoms with E-state index >= 15 is 0 Å². The summed E-state index contributed by atoms with van der Waals surface area (Å²) in [5, 5.41) is 0. The van der Waals surface area contributed by atoms with Crippen LogP contribution in [0.3, 0.4) is 0 Å². The van der Waals surface area contributed by atoms with Crippen molar-refractivity contribution in [3.8, 4) is 0 Å². The fraction of sp³-hybridized carbons (Fsp3) is 0.462. The van der Waals surface area contributed by atoms with Gasteiger partial charge in [-0.05, 0) is 40.3 Å². The van der Waals surface area contributed by atoms with Crippen LogP contribution < -0.4 is 0 Å². The van der Waals surface area contributed by atoms with E-state index in [1.807, 2.05) is 13.8 Å². The van der Waals surface area contributed by atoms with E-state index in [0.717, 1.165) is 6.07 Å². The lowest BCUT2D eigenvalue weighted by molar-refractivity contribution is 0.0930. The van der Waals surface area contributed by atoms with Gasteiger partial charge in [0, 0.05) is 12.0 Å². The molecule has 2 rings (SSSR count). The predicted octanol–water partition coefficient (Wildman–Crippen LogP) is 4.27. The van der Waals surface area contributed by atoms with Gasteiger partial charge in [0.2, 0.25) is 0 Å². The van der Waals surface area contributed by atoms with Gasteiger partial charge in [-0.1, -0.05) is 13.8 Å². The molecule has 1 nitrogen and oxygen atoms in total. The van der Waals surface area contributed by atoms with Gasteiger partial charge in [-0.2, -0.15) is 0 Å². The summed E-state index contributed by atoms with van der Waals surface area (Å²) in [6.45, 7) is 3.89. The zero-order valence-electron chi connectivity index (χ0n) is 9.74. The van der Waals surface area contributed by atoms with Crippen LogP contribution in [0.1, 0.15) is 42.6 Å². The van der Waals surface area contributed by atoms with Gasteiger partial charge >= 0.3 is 0 Å². The molecular weight excluding hydrogens is 290 g/mol. The molecule has 0 saturated heterocycles. The zero-order valence-corrected chi connectivity index (χ0v) is 11.3. The molecule has 0 spiro atoms. The van der Waals surface area contributed by atoms with Crippen LogP contribution in [-0.2, 0) is 6.42 Å². The third-order valence-electron chi connectivity index (χ3n) is 3.24. The molecule has 4 heteroatoms. The van der Waals surface area contributed by atoms with E-state index in [1.54, 1.807) is 0 Å². The number of rotatable bonds is 0. The number of halogens is 3. The summed E-state index contributed by atoms with van der Waals surface area (Å²) in [4.78, 5) is 12.0. The first kappa shape index (κ1) is 12.7. The minimum absolute atomic E-state index is 0.0156. The molecule has 0 radical (unpaired) electrons. The van der Waals surface area contributed by atoms with Gasteiger partial charge in [0.1, 0.15) is 11.6 Å². The van der Waals surface area contributed by atoms with Crippen molar-refractivity contribution < 1.29 is 13.6 Å². The maximum atomic E-state index is 13.9. The fourth-order valence-corrected chi connectivity index (χ4v) is 2.64. The molecule has 0 saturated carbocycles. The lowest BCUT2D eigenvalue weighted by Crippen LogP contribution is -2.15. The Bertz CT molecular complexity index is 495. The Balaban J connectivity index is 2.63. The molecule has 92 valence electrons. The lowest BCUT2D eigenvalue weighted by atomic mass is 9.84. The summed E-state index contributed by atoms with van der Waals surface area (Å²) < 4.78 is 27.7. The predicted molar refractivity (Wildman–Crippen MR) is 65.1 cm³/mol. The average molecular weight is 303 g/mol. The maximum absolute atomic E-state index is 13.9. The van der Waals surface area contributed by atoms with E-state index in [-0.39, 0.29) is 33.2 Å². The molecule has 0 aromatic heterocycles. The van der Waals surface area contributed by atoms with Gasteiger partial charge < -0.3 is 0 Å². The SMILES string of the molecule is CC1(C)CCc2c(F)cc(Br)c(F)c2C(=O)C1. The Hall–Kier alpha value is -0.770. The standard InChI is InChI=1S/C13H13BrF2O/c1-13(2)4-3-7-9(15)5-8(14)12(16)11(7)10(17)6-13/h5H,3-4,6H2,1-2H3. The zero-order chi connectivity index (χ0) is 12.8. The summed E-state index contributed by atoms with van der Waals surface area (Å²) in [5.41, 5.74) is -0.0507. The summed E-state index contributed by atoms with van der Waals surface area (Å²) in [6, 6.07) is 1.10. The van der Waals surface area contributed by atoms with Crippen molar-refractivity contribution in [1.29, 1.82) is 0 Å². The Morgan fingerprint density at radius 1 is 1.35 bits per heavy atom. The molecule has 1 aliphatic carbocycles. The molecule has 0 fully saturated rings. The Morgan fingerprint density at radius 3 is 2.65 bits per heavy atom. The first-order chi connectivity index (χ1) is 7.82. The molecule has 1 aromatic rings. The number of ketones is 1. The van der Waals surface area contributed by atoms with Crippen LogP contribution >= 0.6 is 15.9 Å². The summed E-state index contributed by atoms with van der Waals surface area (Å²) in [6.07, 6.45) is 1.35. The second-order valence-electron chi connectivity index (χ2n) is 5.27. The summed E-state index contributed by atoms with van der Waals surface area (Å²) >= 11 is 2.94. The molecule has 0 atom stereocenters. The van der Waals surface area contributed by atoms with Crippen molar-refractivity contribution in [1.82, 2.24) is 0 Å². The quantitative estimate of drug-likeness (QED) is 0.516. The molecule has 0 bridgehead atoms. The molecule has 0 unspecified atom stereocenters. The van der Waals surface area contributed by atoms with Crippen LogP contribution in [0.15, 0.2) is 10.5 Å². The van der Waals surface area contributed by atoms with Gasteiger partial charge in [-0.3, -0.25) is 4.79 Å². The molecule has 1 aliphatic rings. The Labute approximate surface area is 107 Å². The minimum Gasteiger partial charge on any atom is -0.294 e. The number of carbonyl (C=O) groups excluding carboxylic acids is 1. The Kier molecular flexibility index (Phi) is 3.10. The smallest absolute Gasteiger partial charge is 0.166 e. The number of benzene rings is 1. The monoisotopic (exact) mass is 302 g/mol. The number of hydrogen-bond donors (Lipinski definition) is 0. The van der Waals surface area contributed by atoms with Crippen LogP contribution in [0.5, 0.6) is 0 Å². The van der Waals surface area contributed by atoms with Gasteiger partial charge in [0.15, 0.2) is 5.78 Å². The van der Waals surface area contributed by atoms with Crippen LogP contribution in [0, 0.1) is 17.0 Å². The van der Waals surface area contributed by atoms with Crippen molar-refractivity contribution in [2.45, 2.75) is 33.1 Å². The van der Waals surface area contributed by atoms with Crippen LogP contribution in [0.25, 0.3) is 0 Å². The van der Waals surface area contributed by atoms with E-state index < -0.39 is 11.6 Å². The van der Waals surface area contributed by atoms with E-state index in [4.69, 9.17) is 0 Å². The van der Waals surface area contributed by atoms with Crippen molar-refractivity contribution in [2.75, 3.05) is 0 Å². The third-order valence-corrected chi connectivity index (χ3v) is 3.82. The summed E-state index contributed by atoms with van der Waals surface area (Å²) in [5.74, 6) is -1.44. The molecule has 0 amide bonds. The second-order valence-corrected chi connectivity index (χ2v) is 6.13. The van der Waals surface area contributed by atoms with Crippen molar-refractivity contribution >= 4 is 21.7 Å². The normalized spacial score (nSPS) is 18.8. The van der Waals surface area contributed by atoms with Crippen LogP contribution in [0.4, 0.5) is 8.78 Å². The lowest BCUT2D eigenvalue weighted by Gasteiger charge is -2.20. The van der Waals surface area contributed by atoms with E-state index in [1.165, 1.54) is 0 Å². The molecule has 17 heavy (non-hydrogen) atoms. The number of Topliss-reactive ketones (excluding diaryl/α,β-unsaturated/α-hetero) is 1. The van der Waals surface area contributed by atoms with Crippen LogP contribution in [0.2, 0.25) is 0 Å². The first-order valence-electron chi connectivity index (χ1n) is 5.51. The number of hydrogen-bond acceptors (Lipinski definition) is 1. The molecular formula is C13H13BrF2O. The van der Waals surface area contributed by atoms with Crippen molar-refractivity contribution in [3.05, 3.63) is 33.3 Å². The molecule has 0 aliphatic heterocycles. The third kappa shape index (κ3) is 2.28. The average Bonchev–Trinajstić information content (AvgIpc) is 2.31. The van der Waals surface area contributed by atoms with Crippen LogP contribution in [-0.4, -0.2) is 5.78 Å². The highest BCUT2D eigenvalue weighted by atomic mass is 79.9. The number of carbonyl (C=O) groups is 1. The largest absolute Gasteiger partial charge is 0.294 e. The van der Waals surface area contributed by atoms with E-state index in [0.29, 0.717) is 12.8 Å². The highest BCUT2D eigenvalue weighted by molar-refractivity contribution is 9.10. The van der Waals surface area contributed by atoms with Gasteiger partial charge in [-0.25, -0.2) is 8.78 Å². The maximum Gasteiger partial charge on any atom is 0.166 e. The van der Waals surface area contributed by atoms with Gasteiger partial charge in [-0.15, -0.1) is 0 Å². The van der Waals surface area contributed by atoms with Crippen molar-refractivity contribution in [3.63, 3.8) is 0 Å². The molecule has 1 aromatic carbocycles. The molecule has 0 N–H and O–H groups in total. The highest BCUT2D eigenvalue weighted by Gasteiger charge is 2.32. The summed E-state index contributed by atoms with van der Waals surface area (Å²) in [7, 11) is 0. The minimum atomic E-state index is -0.635. The number of fused-ring (bicyclic) bond motifs is 1. The van der Waals surface area contributed by atoms with Gasteiger partial charge in [0.25, 0.3) is 0 Å². The van der Waals surface area contributed by atoms with E-state index in [2.05, 4.69) is 15.9 Å². The van der Waals surface area contributed by atoms with E-state index in [9.17, 15) is 13.6 Å². The highest BCUT2D eigenvalue weighted by Crippen LogP contribution is 2.37. The second kappa shape index (κ2) is 4.16.